The minimum Gasteiger partial charge on any atom is -0.508 e. The second-order valence-corrected chi connectivity index (χ2v) is 6.43. The minimum atomic E-state index is -0.180. The molecule has 0 spiro atoms. The number of phenols is 1. The van der Waals surface area contributed by atoms with Crippen molar-refractivity contribution in [2.45, 2.75) is 19.3 Å². The molecule has 3 aromatic carbocycles. The number of ether oxygens (including phenoxy) is 1. The van der Waals surface area contributed by atoms with Gasteiger partial charge in [-0.2, -0.15) is 5.26 Å². The van der Waals surface area contributed by atoms with E-state index in [4.69, 9.17) is 10.00 Å². The van der Waals surface area contributed by atoms with E-state index in [0.29, 0.717) is 11.3 Å². The summed E-state index contributed by atoms with van der Waals surface area (Å²) in [5, 5.41) is 18.3. The van der Waals surface area contributed by atoms with Gasteiger partial charge in [0.15, 0.2) is 0 Å². The third-order valence-corrected chi connectivity index (χ3v) is 4.38. The lowest BCUT2D eigenvalue weighted by molar-refractivity contribution is 0.474. The summed E-state index contributed by atoms with van der Waals surface area (Å²) >= 11 is 0. The van der Waals surface area contributed by atoms with Crippen molar-refractivity contribution in [2.75, 3.05) is 0 Å². The van der Waals surface area contributed by atoms with Crippen molar-refractivity contribution in [1.82, 2.24) is 0 Å². The van der Waals surface area contributed by atoms with Crippen LogP contribution >= 0.6 is 0 Å². The molecule has 0 aliphatic rings. The van der Waals surface area contributed by atoms with E-state index in [0.717, 1.165) is 16.9 Å². The van der Waals surface area contributed by atoms with E-state index in [1.165, 1.54) is 0 Å². The first-order valence-electron chi connectivity index (χ1n) is 8.07. The Morgan fingerprint density at radius 2 is 1.20 bits per heavy atom. The molecule has 0 atom stereocenters. The molecule has 0 amide bonds. The fourth-order valence-corrected chi connectivity index (χ4v) is 2.72. The van der Waals surface area contributed by atoms with Crippen molar-refractivity contribution in [1.29, 1.82) is 5.26 Å². The Kier molecular flexibility index (Phi) is 4.45. The van der Waals surface area contributed by atoms with Gasteiger partial charge in [0.05, 0.1) is 11.6 Å². The van der Waals surface area contributed by atoms with Gasteiger partial charge in [-0.1, -0.05) is 38.1 Å². The third kappa shape index (κ3) is 3.64. The molecule has 25 heavy (non-hydrogen) atoms. The predicted molar refractivity (Wildman–Crippen MR) is 97.9 cm³/mol. The Balaban J connectivity index is 1.79. The van der Waals surface area contributed by atoms with Crippen LogP contribution in [0.1, 0.15) is 30.5 Å². The Labute approximate surface area is 147 Å². The van der Waals surface area contributed by atoms with E-state index in [1.807, 2.05) is 36.4 Å². The second kappa shape index (κ2) is 6.70. The molecule has 0 aliphatic carbocycles. The fourth-order valence-electron chi connectivity index (χ4n) is 2.72. The molecule has 3 nitrogen and oxygen atoms in total. The minimum absolute atomic E-state index is 0.180. The Morgan fingerprint density at radius 3 is 1.68 bits per heavy atom. The van der Waals surface area contributed by atoms with Gasteiger partial charge >= 0.3 is 0 Å². The van der Waals surface area contributed by atoms with Crippen molar-refractivity contribution < 1.29 is 9.84 Å². The highest BCUT2D eigenvalue weighted by Gasteiger charge is 2.23. The standard InChI is InChI=1S/C22H19NO2/c1-22(2,17-5-9-19(24)10-6-17)18-7-13-21(14-8-18)25-20-11-3-16(15-23)4-12-20/h3-14,24H,1-2H3. The molecule has 0 radical (unpaired) electrons. The van der Waals surface area contributed by atoms with E-state index in [2.05, 4.69) is 19.9 Å². The maximum Gasteiger partial charge on any atom is 0.127 e. The molecule has 0 aromatic heterocycles. The maximum absolute atomic E-state index is 9.47. The van der Waals surface area contributed by atoms with Crippen molar-refractivity contribution in [2.24, 2.45) is 0 Å². The molecule has 1 N–H and O–H groups in total. The number of hydrogen-bond acceptors (Lipinski definition) is 3. The Bertz CT molecular complexity index is 887. The first kappa shape index (κ1) is 16.6. The normalized spacial score (nSPS) is 10.9. The van der Waals surface area contributed by atoms with Crippen LogP contribution in [0.3, 0.4) is 0 Å². The van der Waals surface area contributed by atoms with Gasteiger partial charge in [-0.15, -0.1) is 0 Å². The number of nitrogens with zero attached hydrogens (tertiary/aromatic N) is 1. The molecule has 0 saturated heterocycles. The topological polar surface area (TPSA) is 53.2 Å². The molecule has 0 aliphatic heterocycles. The monoisotopic (exact) mass is 329 g/mol. The van der Waals surface area contributed by atoms with E-state index in [-0.39, 0.29) is 11.2 Å². The lowest BCUT2D eigenvalue weighted by Gasteiger charge is -2.26. The van der Waals surface area contributed by atoms with Gasteiger partial charge in [0, 0.05) is 5.41 Å². The zero-order chi connectivity index (χ0) is 17.9. The van der Waals surface area contributed by atoms with Gasteiger partial charge in [-0.05, 0) is 59.7 Å². The average molecular weight is 329 g/mol. The zero-order valence-electron chi connectivity index (χ0n) is 14.2. The second-order valence-electron chi connectivity index (χ2n) is 6.43. The summed E-state index contributed by atoms with van der Waals surface area (Å²) in [5.74, 6) is 1.71. The summed E-state index contributed by atoms with van der Waals surface area (Å²) in [5.41, 5.74) is 2.72. The van der Waals surface area contributed by atoms with Crippen LogP contribution < -0.4 is 4.74 Å². The molecule has 124 valence electrons. The number of aromatic hydroxyl groups is 1. The van der Waals surface area contributed by atoms with Gasteiger partial charge in [0.2, 0.25) is 0 Å². The SMILES string of the molecule is CC(C)(c1ccc(O)cc1)c1ccc(Oc2ccc(C#N)cc2)cc1. The van der Waals surface area contributed by atoms with Crippen molar-refractivity contribution in [3.05, 3.63) is 89.5 Å². The molecular weight excluding hydrogens is 310 g/mol. The number of hydrogen-bond donors (Lipinski definition) is 1. The number of nitriles is 1. The van der Waals surface area contributed by atoms with Crippen molar-refractivity contribution >= 4 is 0 Å². The van der Waals surface area contributed by atoms with Crippen molar-refractivity contribution in [3.8, 4) is 23.3 Å². The lowest BCUT2D eigenvalue weighted by Crippen LogP contribution is -2.18. The molecule has 3 aromatic rings. The first-order chi connectivity index (χ1) is 12.0. The highest BCUT2D eigenvalue weighted by atomic mass is 16.5. The van der Waals surface area contributed by atoms with Crippen LogP contribution in [0.4, 0.5) is 0 Å². The summed E-state index contributed by atoms with van der Waals surface area (Å²) in [6, 6.07) is 24.4. The highest BCUT2D eigenvalue weighted by molar-refractivity contribution is 5.43. The number of phenolic OH excluding ortho intramolecular Hbond substituents is 1. The predicted octanol–water partition coefficient (Wildman–Crippen LogP) is 5.38. The molecule has 0 fully saturated rings. The number of rotatable bonds is 4. The van der Waals surface area contributed by atoms with Gasteiger partial charge in [0.25, 0.3) is 0 Å². The van der Waals surface area contributed by atoms with Crippen LogP contribution in [-0.2, 0) is 5.41 Å². The fraction of sp³-hybridized carbons (Fsp3) is 0.136. The van der Waals surface area contributed by atoms with Crippen LogP contribution in [0.15, 0.2) is 72.8 Å². The maximum atomic E-state index is 9.47. The molecular formula is C22H19NO2. The number of benzene rings is 3. The summed E-state index contributed by atoms with van der Waals surface area (Å²) in [4.78, 5) is 0. The van der Waals surface area contributed by atoms with Crippen LogP contribution in [0.25, 0.3) is 0 Å². The molecule has 0 unspecified atom stereocenters. The Hall–Kier alpha value is -3.25. The molecule has 0 saturated carbocycles. The van der Waals surface area contributed by atoms with Gasteiger partial charge in [-0.3, -0.25) is 0 Å². The van der Waals surface area contributed by atoms with Crippen LogP contribution in [0.5, 0.6) is 17.2 Å². The summed E-state index contributed by atoms with van der Waals surface area (Å²) in [6.07, 6.45) is 0. The molecule has 3 heteroatoms. The van der Waals surface area contributed by atoms with Crippen molar-refractivity contribution in [3.63, 3.8) is 0 Å². The third-order valence-electron chi connectivity index (χ3n) is 4.38. The van der Waals surface area contributed by atoms with Gasteiger partial charge in [-0.25, -0.2) is 0 Å². The molecule has 3 rings (SSSR count). The summed E-state index contributed by atoms with van der Waals surface area (Å²) < 4.78 is 5.82. The first-order valence-corrected chi connectivity index (χ1v) is 8.07. The van der Waals surface area contributed by atoms with Crippen LogP contribution in [0, 0.1) is 11.3 Å². The van der Waals surface area contributed by atoms with E-state index in [1.54, 1.807) is 36.4 Å². The van der Waals surface area contributed by atoms with Crippen LogP contribution in [0.2, 0.25) is 0 Å². The largest absolute Gasteiger partial charge is 0.508 e. The van der Waals surface area contributed by atoms with E-state index >= 15 is 0 Å². The summed E-state index contributed by atoms with van der Waals surface area (Å²) in [7, 11) is 0. The lowest BCUT2D eigenvalue weighted by atomic mass is 9.78. The average Bonchev–Trinajstić information content (AvgIpc) is 2.63. The molecule has 0 heterocycles. The highest BCUT2D eigenvalue weighted by Crippen LogP contribution is 2.33. The molecule has 0 bridgehead atoms. The Morgan fingerprint density at radius 1 is 0.760 bits per heavy atom. The van der Waals surface area contributed by atoms with Crippen LogP contribution in [-0.4, -0.2) is 5.11 Å². The quantitative estimate of drug-likeness (QED) is 0.699. The zero-order valence-corrected chi connectivity index (χ0v) is 14.2. The van der Waals surface area contributed by atoms with E-state index in [9.17, 15) is 5.11 Å². The summed E-state index contributed by atoms with van der Waals surface area (Å²) in [6.45, 7) is 4.30. The van der Waals surface area contributed by atoms with Gasteiger partial charge in [0.1, 0.15) is 17.2 Å². The smallest absolute Gasteiger partial charge is 0.127 e. The van der Waals surface area contributed by atoms with E-state index < -0.39 is 0 Å². The van der Waals surface area contributed by atoms with Gasteiger partial charge < -0.3 is 9.84 Å².